The minimum Gasteiger partial charge on any atom is -0.343 e. The Bertz CT molecular complexity index is 1110. The number of aromatic nitrogens is 5. The molecule has 3 aromatic heterocycles. The molecule has 3 aromatic rings. The molecule has 0 spiro atoms. The van der Waals surface area contributed by atoms with Crippen molar-refractivity contribution in [1.29, 1.82) is 0 Å². The number of aryl methyl sites for hydroxylation is 2. The number of hydrogen-bond donors (Lipinski definition) is 1. The van der Waals surface area contributed by atoms with E-state index in [4.69, 9.17) is 0 Å². The molecule has 0 bridgehead atoms. The lowest BCUT2D eigenvalue weighted by Gasteiger charge is -2.14. The second-order valence-electron chi connectivity index (χ2n) is 6.74. The molecule has 1 N–H and O–H groups in total. The minimum atomic E-state index is -4.70. The number of amides is 1. The Morgan fingerprint density at radius 1 is 0.968 bits per heavy atom. The Labute approximate surface area is 171 Å². The summed E-state index contributed by atoms with van der Waals surface area (Å²) >= 11 is 0. The summed E-state index contributed by atoms with van der Waals surface area (Å²) in [4.78, 5) is 15.7. The van der Waals surface area contributed by atoms with Crippen LogP contribution in [0, 0.1) is 0 Å². The van der Waals surface area contributed by atoms with E-state index >= 15 is 0 Å². The molecule has 3 rings (SSSR count). The summed E-state index contributed by atoms with van der Waals surface area (Å²) in [7, 11) is 2.73. The van der Waals surface area contributed by atoms with Gasteiger partial charge in [-0.25, -0.2) is 0 Å². The third kappa shape index (κ3) is 4.70. The lowest BCUT2D eigenvalue weighted by atomic mass is 10.1. The Kier molecular flexibility index (Phi) is 5.54. The van der Waals surface area contributed by atoms with Crippen LogP contribution >= 0.6 is 0 Å². The number of pyridine rings is 1. The fourth-order valence-electron chi connectivity index (χ4n) is 2.94. The van der Waals surface area contributed by atoms with Crippen molar-refractivity contribution >= 4 is 5.91 Å². The molecule has 0 radical (unpaired) electrons. The maximum atomic E-state index is 12.9. The number of carbonyl (C=O) groups is 1. The van der Waals surface area contributed by atoms with Gasteiger partial charge in [-0.1, -0.05) is 0 Å². The van der Waals surface area contributed by atoms with Crippen molar-refractivity contribution in [3.8, 4) is 11.3 Å². The average molecular weight is 446 g/mol. The molecule has 7 nitrogen and oxygen atoms in total. The highest BCUT2D eigenvalue weighted by Gasteiger charge is 2.36. The predicted molar refractivity (Wildman–Crippen MR) is 95.5 cm³/mol. The van der Waals surface area contributed by atoms with Gasteiger partial charge >= 0.3 is 12.4 Å². The quantitative estimate of drug-likeness (QED) is 0.620. The van der Waals surface area contributed by atoms with Gasteiger partial charge in [-0.3, -0.25) is 19.1 Å². The van der Waals surface area contributed by atoms with Crippen LogP contribution in [0.4, 0.5) is 26.3 Å². The van der Waals surface area contributed by atoms with Crippen molar-refractivity contribution in [2.24, 2.45) is 14.1 Å². The molecule has 1 amide bonds. The number of nitrogens with zero attached hydrogens (tertiary/aromatic N) is 5. The highest BCUT2D eigenvalue weighted by molar-refractivity contribution is 5.93. The van der Waals surface area contributed by atoms with Crippen molar-refractivity contribution in [3.63, 3.8) is 0 Å². The van der Waals surface area contributed by atoms with E-state index in [0.717, 1.165) is 16.9 Å². The molecular weight excluding hydrogens is 430 g/mol. The summed E-state index contributed by atoms with van der Waals surface area (Å²) in [6, 6.07) is 3.60. The zero-order valence-electron chi connectivity index (χ0n) is 16.4. The van der Waals surface area contributed by atoms with E-state index < -0.39 is 35.7 Å². The van der Waals surface area contributed by atoms with Gasteiger partial charge in [0.15, 0.2) is 5.69 Å². The molecule has 0 saturated carbocycles. The second-order valence-corrected chi connectivity index (χ2v) is 6.74. The van der Waals surface area contributed by atoms with Crippen LogP contribution in [0.2, 0.25) is 0 Å². The zero-order chi connectivity index (χ0) is 23.1. The molecular formula is C18H16F6N6O. The number of hydrogen-bond acceptors (Lipinski definition) is 4. The summed E-state index contributed by atoms with van der Waals surface area (Å²) in [5, 5.41) is 9.99. The first-order valence-electron chi connectivity index (χ1n) is 8.77. The van der Waals surface area contributed by atoms with Crippen molar-refractivity contribution in [1.82, 2.24) is 29.9 Å². The third-order valence-corrected chi connectivity index (χ3v) is 4.46. The Morgan fingerprint density at radius 3 is 2.19 bits per heavy atom. The monoisotopic (exact) mass is 446 g/mol. The Balaban J connectivity index is 1.83. The topological polar surface area (TPSA) is 77.6 Å². The van der Waals surface area contributed by atoms with Crippen LogP contribution in [0.25, 0.3) is 11.3 Å². The van der Waals surface area contributed by atoms with Gasteiger partial charge in [0.2, 0.25) is 0 Å². The van der Waals surface area contributed by atoms with Crippen LogP contribution in [0.1, 0.15) is 40.5 Å². The number of rotatable bonds is 4. The SMILES string of the molecule is CC(NC(=O)c1cc(C(F)(F)F)nn1C)c1cc(-c2ccnc(C(F)(F)F)c2)nn1C. The normalized spacial score (nSPS) is 13.3. The Hall–Kier alpha value is -3.38. The molecule has 0 aromatic carbocycles. The van der Waals surface area contributed by atoms with E-state index in [1.807, 2.05) is 0 Å². The van der Waals surface area contributed by atoms with E-state index in [1.54, 1.807) is 6.92 Å². The van der Waals surface area contributed by atoms with Crippen LogP contribution < -0.4 is 5.32 Å². The van der Waals surface area contributed by atoms with Crippen LogP contribution in [-0.2, 0) is 26.4 Å². The molecule has 0 fully saturated rings. The van der Waals surface area contributed by atoms with Crippen LogP contribution in [0.3, 0.4) is 0 Å². The third-order valence-electron chi connectivity index (χ3n) is 4.46. The summed E-state index contributed by atoms with van der Waals surface area (Å²) in [5.74, 6) is -0.802. The van der Waals surface area contributed by atoms with Gasteiger partial charge in [0.05, 0.1) is 17.4 Å². The summed E-state index contributed by atoms with van der Waals surface area (Å²) < 4.78 is 79.3. The smallest absolute Gasteiger partial charge is 0.343 e. The molecule has 0 aliphatic carbocycles. The number of halogens is 6. The Morgan fingerprint density at radius 2 is 1.61 bits per heavy atom. The van der Waals surface area contributed by atoms with Gasteiger partial charge in [-0.15, -0.1) is 0 Å². The van der Waals surface area contributed by atoms with Crippen molar-refractivity contribution < 1.29 is 31.1 Å². The highest BCUT2D eigenvalue weighted by atomic mass is 19.4. The zero-order valence-corrected chi connectivity index (χ0v) is 16.4. The van der Waals surface area contributed by atoms with E-state index in [2.05, 4.69) is 20.5 Å². The first-order chi connectivity index (χ1) is 14.3. The van der Waals surface area contributed by atoms with Gasteiger partial charge in [0, 0.05) is 31.9 Å². The van der Waals surface area contributed by atoms with Gasteiger partial charge in [-0.05, 0) is 25.1 Å². The fraction of sp³-hybridized carbons (Fsp3) is 0.333. The number of alkyl halides is 6. The van der Waals surface area contributed by atoms with Crippen LogP contribution in [-0.4, -0.2) is 30.5 Å². The van der Waals surface area contributed by atoms with Gasteiger partial charge in [0.25, 0.3) is 5.91 Å². The summed E-state index contributed by atoms with van der Waals surface area (Å²) in [5.41, 5.74) is -1.77. The lowest BCUT2D eigenvalue weighted by molar-refractivity contribution is -0.142. The first-order valence-corrected chi connectivity index (χ1v) is 8.77. The van der Waals surface area contributed by atoms with E-state index in [-0.39, 0.29) is 17.0 Å². The van der Waals surface area contributed by atoms with Crippen LogP contribution in [0.5, 0.6) is 0 Å². The summed E-state index contributed by atoms with van der Waals surface area (Å²) in [6.45, 7) is 1.56. The molecule has 166 valence electrons. The van der Waals surface area contributed by atoms with Gasteiger partial charge in [0.1, 0.15) is 11.4 Å². The number of nitrogens with one attached hydrogen (secondary N) is 1. The standard InChI is InChI=1S/C18H16F6N6O/c1-9(26-16(31)13-8-15(18(22,23)24)28-30(13)3)12-7-11(27-29(12)2)10-4-5-25-14(6-10)17(19,20)21/h4-9H,1-3H3,(H,26,31). The molecule has 13 heteroatoms. The predicted octanol–water partition coefficient (Wildman–Crippen LogP) is 3.74. The summed E-state index contributed by atoms with van der Waals surface area (Å²) in [6.07, 6.45) is -8.30. The van der Waals surface area contributed by atoms with Crippen molar-refractivity contribution in [2.75, 3.05) is 0 Å². The molecule has 1 atom stereocenters. The van der Waals surface area contributed by atoms with E-state index in [0.29, 0.717) is 11.8 Å². The van der Waals surface area contributed by atoms with Crippen LogP contribution in [0.15, 0.2) is 30.5 Å². The van der Waals surface area contributed by atoms with E-state index in [9.17, 15) is 31.1 Å². The fourth-order valence-corrected chi connectivity index (χ4v) is 2.94. The maximum Gasteiger partial charge on any atom is 0.435 e. The van der Waals surface area contributed by atoms with E-state index in [1.165, 1.54) is 30.9 Å². The van der Waals surface area contributed by atoms with Gasteiger partial charge < -0.3 is 5.32 Å². The maximum absolute atomic E-state index is 12.9. The minimum absolute atomic E-state index is 0.171. The number of carbonyl (C=O) groups excluding carboxylic acids is 1. The van der Waals surface area contributed by atoms with Gasteiger partial charge in [-0.2, -0.15) is 36.5 Å². The molecule has 3 heterocycles. The second kappa shape index (κ2) is 7.71. The molecule has 0 saturated heterocycles. The average Bonchev–Trinajstić information content (AvgIpc) is 3.24. The van der Waals surface area contributed by atoms with Crippen molar-refractivity contribution in [3.05, 3.63) is 53.2 Å². The van der Waals surface area contributed by atoms with Crippen molar-refractivity contribution in [2.45, 2.75) is 25.3 Å². The highest BCUT2D eigenvalue weighted by Crippen LogP contribution is 2.31. The first kappa shape index (κ1) is 22.3. The molecule has 0 aliphatic heterocycles. The largest absolute Gasteiger partial charge is 0.435 e. The molecule has 0 aliphatic rings. The molecule has 1 unspecified atom stereocenters. The lowest BCUT2D eigenvalue weighted by Crippen LogP contribution is -2.29. The molecule has 31 heavy (non-hydrogen) atoms.